The lowest BCUT2D eigenvalue weighted by Crippen LogP contribution is -2.01. The smallest absolute Gasteiger partial charge is 0.208 e. The number of nitrogens with two attached hydrogens (primary N) is 1. The van der Waals surface area contributed by atoms with Gasteiger partial charge in [-0.25, -0.2) is 15.0 Å². The summed E-state index contributed by atoms with van der Waals surface area (Å²) in [6.45, 7) is 1.85. The van der Waals surface area contributed by atoms with Crippen LogP contribution in [0.1, 0.15) is 11.6 Å². The van der Waals surface area contributed by atoms with Crippen LogP contribution in [0.4, 0.5) is 5.82 Å². The lowest BCUT2D eigenvalue weighted by Gasteiger charge is -2.01. The van der Waals surface area contributed by atoms with E-state index in [1.165, 1.54) is 11.8 Å². The van der Waals surface area contributed by atoms with Crippen molar-refractivity contribution in [1.29, 1.82) is 0 Å². The SMILES string of the molecule is Cc1nc(SCc2nc(N)c3cnn(C)c3n2)n[nH]1. The van der Waals surface area contributed by atoms with Gasteiger partial charge in [0, 0.05) is 7.05 Å². The highest BCUT2D eigenvalue weighted by atomic mass is 32.2. The Morgan fingerprint density at radius 2 is 2.21 bits per heavy atom. The van der Waals surface area contributed by atoms with E-state index in [9.17, 15) is 0 Å². The van der Waals surface area contributed by atoms with E-state index in [4.69, 9.17) is 5.73 Å². The molecule has 0 aromatic carbocycles. The van der Waals surface area contributed by atoms with Gasteiger partial charge in [0.15, 0.2) is 5.65 Å². The summed E-state index contributed by atoms with van der Waals surface area (Å²) in [6.07, 6.45) is 1.67. The summed E-state index contributed by atoms with van der Waals surface area (Å²) in [6, 6.07) is 0. The molecule has 0 saturated heterocycles. The van der Waals surface area contributed by atoms with Crippen molar-refractivity contribution in [3.05, 3.63) is 17.8 Å². The Hall–Kier alpha value is -2.16. The maximum Gasteiger partial charge on any atom is 0.208 e. The second-order valence-electron chi connectivity index (χ2n) is 4.02. The van der Waals surface area contributed by atoms with Crippen LogP contribution in [-0.4, -0.2) is 34.9 Å². The van der Waals surface area contributed by atoms with Gasteiger partial charge in [0.1, 0.15) is 17.5 Å². The third kappa shape index (κ3) is 2.24. The molecule has 0 bridgehead atoms. The topological polar surface area (TPSA) is 111 Å². The van der Waals surface area contributed by atoms with Crippen LogP contribution in [-0.2, 0) is 12.8 Å². The molecule has 0 saturated carbocycles. The zero-order chi connectivity index (χ0) is 13.4. The average molecular weight is 276 g/mol. The molecular formula is C10H12N8S. The van der Waals surface area contributed by atoms with Crippen LogP contribution in [0.2, 0.25) is 0 Å². The van der Waals surface area contributed by atoms with Crippen molar-refractivity contribution in [3.8, 4) is 0 Å². The molecule has 3 aromatic rings. The number of nitrogens with one attached hydrogen (secondary N) is 1. The van der Waals surface area contributed by atoms with E-state index in [2.05, 4.69) is 30.2 Å². The number of anilines is 1. The number of nitrogen functional groups attached to an aromatic ring is 1. The molecule has 0 aliphatic carbocycles. The summed E-state index contributed by atoms with van der Waals surface area (Å²) in [5, 5.41) is 12.4. The second-order valence-corrected chi connectivity index (χ2v) is 4.97. The zero-order valence-electron chi connectivity index (χ0n) is 10.5. The second kappa shape index (κ2) is 4.50. The number of hydrogen-bond acceptors (Lipinski definition) is 7. The molecule has 0 amide bonds. The van der Waals surface area contributed by atoms with Crippen LogP contribution in [0.3, 0.4) is 0 Å². The molecule has 0 radical (unpaired) electrons. The fourth-order valence-electron chi connectivity index (χ4n) is 1.67. The third-order valence-electron chi connectivity index (χ3n) is 2.57. The number of thioether (sulfide) groups is 1. The van der Waals surface area contributed by atoms with Gasteiger partial charge in [0.25, 0.3) is 0 Å². The van der Waals surface area contributed by atoms with Gasteiger partial charge in [0.2, 0.25) is 5.16 Å². The van der Waals surface area contributed by atoms with Gasteiger partial charge in [-0.3, -0.25) is 9.78 Å². The van der Waals surface area contributed by atoms with Crippen LogP contribution in [0.5, 0.6) is 0 Å². The van der Waals surface area contributed by atoms with Crippen molar-refractivity contribution in [2.24, 2.45) is 7.05 Å². The lowest BCUT2D eigenvalue weighted by atomic mass is 10.4. The molecule has 19 heavy (non-hydrogen) atoms. The highest BCUT2D eigenvalue weighted by Gasteiger charge is 2.10. The summed E-state index contributed by atoms with van der Waals surface area (Å²) >= 11 is 1.46. The number of fused-ring (bicyclic) bond motifs is 1. The van der Waals surface area contributed by atoms with Gasteiger partial charge in [-0.05, 0) is 6.92 Å². The summed E-state index contributed by atoms with van der Waals surface area (Å²) in [5.74, 6) is 2.42. The largest absolute Gasteiger partial charge is 0.383 e. The Morgan fingerprint density at radius 3 is 2.95 bits per heavy atom. The minimum absolute atomic E-state index is 0.444. The Labute approximate surface area is 112 Å². The van der Waals surface area contributed by atoms with E-state index < -0.39 is 0 Å². The maximum atomic E-state index is 5.89. The van der Waals surface area contributed by atoms with E-state index in [0.717, 1.165) is 16.9 Å². The molecule has 0 aliphatic heterocycles. The molecule has 3 N–H and O–H groups in total. The number of aromatic nitrogens is 7. The maximum absolute atomic E-state index is 5.89. The number of aromatic amines is 1. The fraction of sp³-hybridized carbons (Fsp3) is 0.300. The van der Waals surface area contributed by atoms with Crippen LogP contribution in [0.25, 0.3) is 11.0 Å². The average Bonchev–Trinajstić information content (AvgIpc) is 2.95. The molecule has 98 valence electrons. The van der Waals surface area contributed by atoms with Gasteiger partial charge in [-0.2, -0.15) is 5.10 Å². The van der Waals surface area contributed by atoms with Crippen molar-refractivity contribution in [2.45, 2.75) is 17.8 Å². The first-order chi connectivity index (χ1) is 9.13. The van der Waals surface area contributed by atoms with Gasteiger partial charge in [0.05, 0.1) is 17.3 Å². The van der Waals surface area contributed by atoms with Gasteiger partial charge in [-0.15, -0.1) is 5.10 Å². The molecule has 0 fully saturated rings. The summed E-state index contributed by atoms with van der Waals surface area (Å²) in [5.41, 5.74) is 6.62. The molecule has 3 aromatic heterocycles. The first kappa shape index (κ1) is 11.9. The van der Waals surface area contributed by atoms with Crippen molar-refractivity contribution >= 4 is 28.6 Å². The van der Waals surface area contributed by atoms with Crippen LogP contribution >= 0.6 is 11.8 Å². The van der Waals surface area contributed by atoms with Crippen molar-refractivity contribution in [1.82, 2.24) is 34.9 Å². The number of aryl methyl sites for hydroxylation is 2. The molecule has 9 heteroatoms. The number of nitrogens with zero attached hydrogens (tertiary/aromatic N) is 6. The molecule has 0 aliphatic rings. The predicted octanol–water partition coefficient (Wildman–Crippen LogP) is 0.664. The van der Waals surface area contributed by atoms with Crippen molar-refractivity contribution < 1.29 is 0 Å². The normalized spacial score (nSPS) is 11.3. The number of H-pyrrole nitrogens is 1. The van der Waals surface area contributed by atoms with E-state index in [-0.39, 0.29) is 0 Å². The standard InChI is InChI=1S/C10H12N8S/c1-5-13-10(17-16-5)19-4-7-14-8(11)6-3-12-18(2)9(6)15-7/h3H,4H2,1-2H3,(H2,11,14,15)(H,13,16,17). The predicted molar refractivity (Wildman–Crippen MR) is 71.4 cm³/mol. The monoisotopic (exact) mass is 276 g/mol. The van der Waals surface area contributed by atoms with Crippen LogP contribution in [0, 0.1) is 6.92 Å². The van der Waals surface area contributed by atoms with E-state index in [1.807, 2.05) is 14.0 Å². The Bertz CT molecular complexity index is 730. The van der Waals surface area contributed by atoms with Gasteiger partial charge < -0.3 is 5.73 Å². The minimum Gasteiger partial charge on any atom is -0.383 e. The molecule has 0 atom stereocenters. The lowest BCUT2D eigenvalue weighted by molar-refractivity contribution is 0.782. The van der Waals surface area contributed by atoms with Crippen LogP contribution in [0.15, 0.2) is 11.4 Å². The Kier molecular flexibility index (Phi) is 2.82. The van der Waals surface area contributed by atoms with E-state index >= 15 is 0 Å². The Morgan fingerprint density at radius 1 is 1.37 bits per heavy atom. The summed E-state index contributed by atoms with van der Waals surface area (Å²) < 4.78 is 1.68. The minimum atomic E-state index is 0.444. The van der Waals surface area contributed by atoms with Crippen molar-refractivity contribution in [2.75, 3.05) is 5.73 Å². The first-order valence-corrected chi connectivity index (χ1v) is 6.58. The molecule has 3 heterocycles. The summed E-state index contributed by atoms with van der Waals surface area (Å²) in [4.78, 5) is 12.9. The third-order valence-corrected chi connectivity index (χ3v) is 3.42. The van der Waals surface area contributed by atoms with Gasteiger partial charge in [-0.1, -0.05) is 11.8 Å². The highest BCUT2D eigenvalue weighted by Crippen LogP contribution is 2.21. The molecule has 0 spiro atoms. The van der Waals surface area contributed by atoms with E-state index in [0.29, 0.717) is 22.6 Å². The van der Waals surface area contributed by atoms with Gasteiger partial charge >= 0.3 is 0 Å². The molecule has 8 nitrogen and oxygen atoms in total. The Balaban J connectivity index is 1.86. The number of hydrogen-bond donors (Lipinski definition) is 2. The first-order valence-electron chi connectivity index (χ1n) is 5.59. The van der Waals surface area contributed by atoms with E-state index in [1.54, 1.807) is 10.9 Å². The molecule has 3 rings (SSSR count). The fourth-order valence-corrected chi connectivity index (χ4v) is 2.37. The molecular weight excluding hydrogens is 264 g/mol. The summed E-state index contributed by atoms with van der Waals surface area (Å²) in [7, 11) is 1.82. The number of rotatable bonds is 3. The van der Waals surface area contributed by atoms with Crippen molar-refractivity contribution in [3.63, 3.8) is 0 Å². The molecule has 0 unspecified atom stereocenters. The van der Waals surface area contributed by atoms with Crippen LogP contribution < -0.4 is 5.73 Å². The zero-order valence-corrected chi connectivity index (χ0v) is 11.3. The quantitative estimate of drug-likeness (QED) is 0.676. The highest BCUT2D eigenvalue weighted by molar-refractivity contribution is 7.98.